The lowest BCUT2D eigenvalue weighted by Gasteiger charge is -2.24. The zero-order valence-corrected chi connectivity index (χ0v) is 18.6. The molecule has 2 atom stereocenters. The van der Waals surface area contributed by atoms with Gasteiger partial charge in [0.1, 0.15) is 6.10 Å². The van der Waals surface area contributed by atoms with E-state index in [1.165, 1.54) is 0 Å². The number of aliphatic hydroxyl groups excluding tert-OH is 1. The highest BCUT2D eigenvalue weighted by molar-refractivity contribution is 6.07. The molecular weight excluding hydrogens is 410 g/mol. The molecule has 0 aliphatic heterocycles. The summed E-state index contributed by atoms with van der Waals surface area (Å²) in [6.07, 6.45) is 0.433. The van der Waals surface area contributed by atoms with E-state index >= 15 is 0 Å². The van der Waals surface area contributed by atoms with Crippen LogP contribution in [0.5, 0.6) is 0 Å². The average molecular weight is 442 g/mol. The quantitative estimate of drug-likeness (QED) is 0.388. The van der Waals surface area contributed by atoms with E-state index in [-0.39, 0.29) is 23.5 Å². The Labute approximate surface area is 188 Å². The van der Waals surface area contributed by atoms with E-state index in [2.05, 4.69) is 5.32 Å². The van der Waals surface area contributed by atoms with E-state index in [0.717, 1.165) is 18.4 Å². The molecule has 0 radical (unpaired) electrons. The number of carbonyl (C=O) groups excluding carboxylic acids is 2. The third kappa shape index (κ3) is 7.16. The first kappa shape index (κ1) is 25.0. The van der Waals surface area contributed by atoms with Crippen molar-refractivity contribution in [3.05, 3.63) is 81.4 Å². The summed E-state index contributed by atoms with van der Waals surface area (Å²) in [6.45, 7) is 4.44. The summed E-state index contributed by atoms with van der Waals surface area (Å²) in [5.41, 5.74) is 1.27. The monoisotopic (exact) mass is 441 g/mol. The van der Waals surface area contributed by atoms with Crippen LogP contribution in [0.2, 0.25) is 0 Å². The molecular formula is C24H31N3O5. The first-order valence-electron chi connectivity index (χ1n) is 10.9. The van der Waals surface area contributed by atoms with E-state index in [0.29, 0.717) is 13.1 Å². The molecule has 32 heavy (non-hydrogen) atoms. The number of rotatable bonds is 12. The summed E-state index contributed by atoms with van der Waals surface area (Å²) >= 11 is 0. The minimum Gasteiger partial charge on any atom is -0.384 e. The van der Waals surface area contributed by atoms with Gasteiger partial charge in [-0.1, -0.05) is 56.3 Å². The molecule has 0 bridgehead atoms. The van der Waals surface area contributed by atoms with Crippen LogP contribution in [0.1, 0.15) is 53.0 Å². The molecule has 0 aliphatic carbocycles. The van der Waals surface area contributed by atoms with Crippen LogP contribution >= 0.6 is 0 Å². The zero-order chi connectivity index (χ0) is 23.5. The van der Waals surface area contributed by atoms with E-state index in [1.807, 2.05) is 44.2 Å². The first-order valence-corrected chi connectivity index (χ1v) is 10.9. The number of hydrogen-bond acceptors (Lipinski definition) is 5. The first-order chi connectivity index (χ1) is 15.4. The molecule has 0 heterocycles. The molecule has 0 saturated carbocycles. The SMILES string of the molecule is CCCN(CCC)C(=O)c1ccccc1C(=O)N[C@@H](Cc1ccccc1)[C@H](O)C[N+](=O)[O-]. The predicted octanol–water partition coefficient (Wildman–Crippen LogP) is 2.93. The Hall–Kier alpha value is -3.26. The van der Waals surface area contributed by atoms with Crippen LogP contribution in [0.15, 0.2) is 54.6 Å². The van der Waals surface area contributed by atoms with Crippen molar-refractivity contribution in [1.82, 2.24) is 10.2 Å². The van der Waals surface area contributed by atoms with Crippen LogP contribution in [0, 0.1) is 10.1 Å². The highest BCUT2D eigenvalue weighted by atomic mass is 16.6. The Bertz CT molecular complexity index is 898. The number of nitrogens with zero attached hydrogens (tertiary/aromatic N) is 2. The van der Waals surface area contributed by atoms with E-state index in [4.69, 9.17) is 0 Å². The molecule has 2 amide bonds. The fraction of sp³-hybridized carbons (Fsp3) is 0.417. The second-order valence-corrected chi connectivity index (χ2v) is 7.69. The van der Waals surface area contributed by atoms with E-state index < -0.39 is 29.5 Å². The van der Waals surface area contributed by atoms with Gasteiger partial charge in [0, 0.05) is 18.0 Å². The minimum absolute atomic E-state index is 0.182. The van der Waals surface area contributed by atoms with Gasteiger partial charge in [-0.25, -0.2) is 0 Å². The van der Waals surface area contributed by atoms with Crippen molar-refractivity contribution >= 4 is 11.8 Å². The molecule has 0 aromatic heterocycles. The van der Waals surface area contributed by atoms with Gasteiger partial charge in [-0.3, -0.25) is 19.7 Å². The summed E-state index contributed by atoms with van der Waals surface area (Å²) in [4.78, 5) is 38.3. The second-order valence-electron chi connectivity index (χ2n) is 7.69. The van der Waals surface area contributed by atoms with Gasteiger partial charge in [-0.2, -0.15) is 0 Å². The van der Waals surface area contributed by atoms with Crippen molar-refractivity contribution < 1.29 is 19.6 Å². The smallest absolute Gasteiger partial charge is 0.254 e. The van der Waals surface area contributed by atoms with Crippen molar-refractivity contribution in [2.24, 2.45) is 0 Å². The van der Waals surface area contributed by atoms with E-state index in [9.17, 15) is 24.8 Å². The molecule has 8 heteroatoms. The number of nitrogens with one attached hydrogen (secondary N) is 1. The van der Waals surface area contributed by atoms with Gasteiger partial charge in [0.15, 0.2) is 0 Å². The Morgan fingerprint density at radius 1 is 1.00 bits per heavy atom. The molecule has 2 N–H and O–H groups in total. The average Bonchev–Trinajstić information content (AvgIpc) is 2.78. The van der Waals surface area contributed by atoms with Gasteiger partial charge in [-0.05, 0) is 37.0 Å². The normalized spacial score (nSPS) is 12.6. The third-order valence-corrected chi connectivity index (χ3v) is 5.09. The highest BCUT2D eigenvalue weighted by Gasteiger charge is 2.28. The van der Waals surface area contributed by atoms with Crippen LogP contribution in [-0.4, -0.2) is 58.5 Å². The van der Waals surface area contributed by atoms with Crippen LogP contribution in [0.3, 0.4) is 0 Å². The fourth-order valence-corrected chi connectivity index (χ4v) is 3.57. The maximum Gasteiger partial charge on any atom is 0.254 e. The van der Waals surface area contributed by atoms with Gasteiger partial charge in [-0.15, -0.1) is 0 Å². The Morgan fingerprint density at radius 2 is 1.56 bits per heavy atom. The summed E-state index contributed by atoms with van der Waals surface area (Å²) in [5.74, 6) is -0.782. The largest absolute Gasteiger partial charge is 0.384 e. The number of hydrogen-bond donors (Lipinski definition) is 2. The molecule has 0 unspecified atom stereocenters. The molecule has 0 aliphatic rings. The van der Waals surface area contributed by atoms with Crippen molar-refractivity contribution in [2.45, 2.75) is 45.3 Å². The lowest BCUT2D eigenvalue weighted by atomic mass is 9.99. The molecule has 8 nitrogen and oxygen atoms in total. The third-order valence-electron chi connectivity index (χ3n) is 5.09. The van der Waals surface area contributed by atoms with Crippen LogP contribution in [-0.2, 0) is 6.42 Å². The van der Waals surface area contributed by atoms with Crippen LogP contribution < -0.4 is 5.32 Å². The van der Waals surface area contributed by atoms with Gasteiger partial charge < -0.3 is 15.3 Å². The summed E-state index contributed by atoms with van der Waals surface area (Å²) in [5, 5.41) is 24.1. The predicted molar refractivity (Wildman–Crippen MR) is 122 cm³/mol. The molecule has 0 saturated heterocycles. The Morgan fingerprint density at radius 3 is 2.12 bits per heavy atom. The maximum absolute atomic E-state index is 13.1. The summed E-state index contributed by atoms with van der Waals surface area (Å²) in [7, 11) is 0. The maximum atomic E-state index is 13.1. The zero-order valence-electron chi connectivity index (χ0n) is 18.6. The van der Waals surface area contributed by atoms with Crippen molar-refractivity contribution in [3.8, 4) is 0 Å². The molecule has 0 fully saturated rings. The molecule has 172 valence electrons. The van der Waals surface area contributed by atoms with Crippen molar-refractivity contribution in [2.75, 3.05) is 19.6 Å². The highest BCUT2D eigenvalue weighted by Crippen LogP contribution is 2.15. The van der Waals surface area contributed by atoms with Crippen molar-refractivity contribution in [3.63, 3.8) is 0 Å². The molecule has 2 aromatic carbocycles. The number of amides is 2. The van der Waals surface area contributed by atoms with Gasteiger partial charge in [0.2, 0.25) is 6.54 Å². The van der Waals surface area contributed by atoms with E-state index in [1.54, 1.807) is 29.2 Å². The molecule has 0 spiro atoms. The fourth-order valence-electron chi connectivity index (χ4n) is 3.57. The number of benzene rings is 2. The molecule has 2 rings (SSSR count). The standard InChI is InChI=1S/C24H31N3O5/c1-3-14-26(15-4-2)24(30)20-13-9-8-12-19(20)23(29)25-21(22(28)17-27(31)32)16-18-10-6-5-7-11-18/h5-13,21-22,28H,3-4,14-17H2,1-2H3,(H,25,29)/t21-,22+/m0/s1. The van der Waals surface area contributed by atoms with Crippen LogP contribution in [0.25, 0.3) is 0 Å². The number of aliphatic hydroxyl groups is 1. The minimum atomic E-state index is -1.38. The second kappa shape index (κ2) is 12.6. The summed E-state index contributed by atoms with van der Waals surface area (Å²) in [6, 6.07) is 14.7. The molecule has 2 aromatic rings. The number of carbonyl (C=O) groups is 2. The Balaban J connectivity index is 2.29. The van der Waals surface area contributed by atoms with Crippen molar-refractivity contribution in [1.29, 1.82) is 0 Å². The van der Waals surface area contributed by atoms with Crippen LogP contribution in [0.4, 0.5) is 0 Å². The van der Waals surface area contributed by atoms with Gasteiger partial charge in [0.05, 0.1) is 17.2 Å². The van der Waals surface area contributed by atoms with Gasteiger partial charge >= 0.3 is 0 Å². The lowest BCUT2D eigenvalue weighted by Crippen LogP contribution is -2.48. The lowest BCUT2D eigenvalue weighted by molar-refractivity contribution is -0.491. The number of nitro groups is 1. The topological polar surface area (TPSA) is 113 Å². The Kier molecular flexibility index (Phi) is 9.81. The van der Waals surface area contributed by atoms with Gasteiger partial charge in [0.25, 0.3) is 11.8 Å². The summed E-state index contributed by atoms with van der Waals surface area (Å²) < 4.78 is 0.